The maximum atomic E-state index is 13.6. The molecule has 0 aromatic heterocycles. The number of primary amides is 1. The van der Waals surface area contributed by atoms with Gasteiger partial charge in [-0.05, 0) is 57.3 Å². The molecule has 0 radical (unpaired) electrons. The number of guanidine groups is 2. The SMILES string of the molecule is CC(C)C[C@H](NC(=O)[C@H](COP(=O)(O)O)NC(=O)[C@H](C)NC(=O)[C@H](CCCN=C(N)N)NC(=O)[C@H](CCCN=C(N)N)NC(=O)[C@@H](N)CC(C)C)C(=O)NCC(N)=O. The van der Waals surface area contributed by atoms with Crippen LogP contribution in [0.15, 0.2) is 9.98 Å². The first-order chi connectivity index (χ1) is 26.8. The molecular weight excluding hydrogens is 787 g/mol. The Hall–Kier alpha value is -5.10. The number of carbonyl (C=O) groups is 7. The average Bonchev–Trinajstić information content (AvgIpc) is 3.09. The van der Waals surface area contributed by atoms with E-state index in [9.17, 15) is 47.9 Å². The van der Waals surface area contributed by atoms with Gasteiger partial charge in [0.25, 0.3) is 0 Å². The summed E-state index contributed by atoms with van der Waals surface area (Å²) in [6.45, 7) is 6.96. The summed E-state index contributed by atoms with van der Waals surface area (Å²) in [5, 5.41) is 14.4. The third-order valence-electron chi connectivity index (χ3n) is 7.79. The van der Waals surface area contributed by atoms with E-state index >= 15 is 0 Å². The molecule has 0 aromatic rings. The number of hydrogen-bond donors (Lipinski definition) is 14. The van der Waals surface area contributed by atoms with Crippen molar-refractivity contribution in [2.75, 3.05) is 26.2 Å². The van der Waals surface area contributed by atoms with E-state index in [0.717, 1.165) is 0 Å². The van der Waals surface area contributed by atoms with Crippen LogP contribution in [0, 0.1) is 11.8 Å². The van der Waals surface area contributed by atoms with Crippen LogP contribution >= 0.6 is 7.82 Å². The van der Waals surface area contributed by atoms with Crippen LogP contribution in [0.1, 0.15) is 73.1 Å². The molecule has 0 rings (SSSR count). The van der Waals surface area contributed by atoms with Gasteiger partial charge in [-0.15, -0.1) is 0 Å². The summed E-state index contributed by atoms with van der Waals surface area (Å²) in [6, 6.07) is -8.02. The van der Waals surface area contributed by atoms with E-state index in [1.165, 1.54) is 6.92 Å². The highest BCUT2D eigenvalue weighted by Gasteiger charge is 2.33. The van der Waals surface area contributed by atoms with Gasteiger partial charge in [-0.3, -0.25) is 48.1 Å². The summed E-state index contributed by atoms with van der Waals surface area (Å²) in [6.07, 6.45) is 0.734. The van der Waals surface area contributed by atoms with Crippen LogP contribution in [0.5, 0.6) is 0 Å². The molecule has 58 heavy (non-hydrogen) atoms. The maximum absolute atomic E-state index is 13.6. The molecule has 0 saturated carbocycles. The van der Waals surface area contributed by atoms with Crippen LogP contribution < -0.4 is 66.3 Å². The first-order valence-electron chi connectivity index (χ1n) is 18.5. The van der Waals surface area contributed by atoms with Crippen molar-refractivity contribution in [3.8, 4) is 0 Å². The van der Waals surface area contributed by atoms with Gasteiger partial charge >= 0.3 is 7.82 Å². The van der Waals surface area contributed by atoms with E-state index in [4.69, 9.17) is 34.4 Å². The van der Waals surface area contributed by atoms with Crippen LogP contribution in [0.3, 0.4) is 0 Å². The Bertz CT molecular complexity index is 1500. The van der Waals surface area contributed by atoms with Gasteiger partial charge in [0.05, 0.1) is 19.2 Å². The zero-order valence-corrected chi connectivity index (χ0v) is 34.5. The lowest BCUT2D eigenvalue weighted by Gasteiger charge is -2.26. The topological polar surface area (TPSA) is 439 Å². The highest BCUT2D eigenvalue weighted by molar-refractivity contribution is 7.46. The zero-order valence-electron chi connectivity index (χ0n) is 33.6. The fourth-order valence-electron chi connectivity index (χ4n) is 5.01. The molecule has 0 heterocycles. The predicted molar refractivity (Wildman–Crippen MR) is 212 cm³/mol. The summed E-state index contributed by atoms with van der Waals surface area (Å²) in [4.78, 5) is 117. The minimum Gasteiger partial charge on any atom is -0.370 e. The van der Waals surface area contributed by atoms with Crippen molar-refractivity contribution in [2.45, 2.75) is 109 Å². The third kappa shape index (κ3) is 24.5. The first kappa shape index (κ1) is 52.9. The van der Waals surface area contributed by atoms with Gasteiger partial charge < -0.3 is 76.1 Å². The summed E-state index contributed by atoms with van der Waals surface area (Å²) in [7, 11) is -5.18. The first-order valence-corrected chi connectivity index (χ1v) is 20.0. The van der Waals surface area contributed by atoms with Crippen molar-refractivity contribution >= 4 is 61.1 Å². The summed E-state index contributed by atoms with van der Waals surface area (Å²) in [5.41, 5.74) is 32.7. The van der Waals surface area contributed by atoms with Gasteiger partial charge in [0.1, 0.15) is 30.2 Å². The number of carbonyl (C=O) groups excluding carboxylic acids is 7. The van der Waals surface area contributed by atoms with Gasteiger partial charge in [0.15, 0.2) is 11.9 Å². The smallest absolute Gasteiger partial charge is 0.370 e. The van der Waals surface area contributed by atoms with Crippen molar-refractivity contribution in [3.05, 3.63) is 0 Å². The Kier molecular flexibility index (Phi) is 24.4. The van der Waals surface area contributed by atoms with Crippen LogP contribution in [0.4, 0.5) is 0 Å². The lowest BCUT2D eigenvalue weighted by molar-refractivity contribution is -0.135. The minimum atomic E-state index is -5.18. The highest BCUT2D eigenvalue weighted by Crippen LogP contribution is 2.35. The number of rotatable bonds is 28. The quantitative estimate of drug-likeness (QED) is 0.0151. The van der Waals surface area contributed by atoms with Crippen molar-refractivity contribution < 1.29 is 52.4 Å². The lowest BCUT2D eigenvalue weighted by atomic mass is 10.0. The largest absolute Gasteiger partial charge is 0.469 e. The van der Waals surface area contributed by atoms with Gasteiger partial charge in [-0.2, -0.15) is 0 Å². The molecule has 0 saturated heterocycles. The second kappa shape index (κ2) is 26.7. The molecule has 0 unspecified atom stereocenters. The molecule has 0 bridgehead atoms. The standard InChI is InChI=1S/C32H63N14O11P/c1-16(2)12-19(33)26(49)43-21(9-7-11-40-32(37)38)29(52)44-20(8-6-10-39-31(35)36)28(51)42-18(5)25(48)46-23(15-57-58(54,55)56)30(53)45-22(13-17(3)4)27(50)41-14-24(34)47/h16-23H,6-15,33H2,1-5H3,(H2,34,47)(H,41,50)(H,42,51)(H,43,49)(H,44,52)(H,45,53)(H,46,48)(H4,35,36,39)(H4,37,38,40)(H2,54,55,56)/t18-,19-,20-,21-,22-,23-/m0/s1. The number of hydrogen-bond acceptors (Lipinski definition) is 12. The molecule has 7 amide bonds. The van der Waals surface area contributed by atoms with Crippen molar-refractivity contribution in [1.29, 1.82) is 0 Å². The van der Waals surface area contributed by atoms with Gasteiger partial charge in [0, 0.05) is 13.1 Å². The van der Waals surface area contributed by atoms with E-state index in [2.05, 4.69) is 46.4 Å². The number of amides is 7. The minimum absolute atomic E-state index is 0.0366. The van der Waals surface area contributed by atoms with E-state index in [-0.39, 0.29) is 68.9 Å². The van der Waals surface area contributed by atoms with Crippen LogP contribution in [0.25, 0.3) is 0 Å². The predicted octanol–water partition coefficient (Wildman–Crippen LogP) is -5.33. The second-order valence-electron chi connectivity index (χ2n) is 14.2. The van der Waals surface area contributed by atoms with Crippen molar-refractivity contribution in [2.24, 2.45) is 56.2 Å². The number of nitrogens with two attached hydrogens (primary N) is 6. The number of phosphoric ester groups is 1. The fraction of sp³-hybridized carbons (Fsp3) is 0.719. The maximum Gasteiger partial charge on any atom is 0.469 e. The molecule has 20 N–H and O–H groups in total. The molecule has 0 aliphatic carbocycles. The molecule has 26 heteroatoms. The Morgan fingerprint density at radius 2 is 1.03 bits per heavy atom. The monoisotopic (exact) mass is 850 g/mol. The molecule has 332 valence electrons. The lowest BCUT2D eigenvalue weighted by Crippen LogP contribution is -2.59. The molecule has 0 aromatic carbocycles. The molecular formula is C32H63N14O11P. The van der Waals surface area contributed by atoms with E-state index in [1.807, 2.05) is 13.8 Å². The molecule has 0 aliphatic heterocycles. The van der Waals surface area contributed by atoms with Crippen molar-refractivity contribution in [3.63, 3.8) is 0 Å². The molecule has 0 fully saturated rings. The van der Waals surface area contributed by atoms with Gasteiger partial charge in [-0.25, -0.2) is 4.57 Å². The fourth-order valence-corrected chi connectivity index (χ4v) is 5.36. The van der Waals surface area contributed by atoms with Gasteiger partial charge in [0.2, 0.25) is 41.4 Å². The number of nitrogens with one attached hydrogen (secondary N) is 6. The van der Waals surface area contributed by atoms with E-state index in [0.29, 0.717) is 6.42 Å². The van der Waals surface area contributed by atoms with Crippen LogP contribution in [-0.4, -0.2) is 126 Å². The van der Waals surface area contributed by atoms with E-state index < -0.39 is 98.6 Å². The summed E-state index contributed by atoms with van der Waals surface area (Å²) < 4.78 is 16.0. The Balaban J connectivity index is 6.28. The van der Waals surface area contributed by atoms with Gasteiger partial charge in [-0.1, -0.05) is 27.7 Å². The number of nitrogens with zero attached hydrogens (tertiary/aromatic N) is 2. The third-order valence-corrected chi connectivity index (χ3v) is 8.28. The second-order valence-corrected chi connectivity index (χ2v) is 15.4. The van der Waals surface area contributed by atoms with Crippen molar-refractivity contribution in [1.82, 2.24) is 31.9 Å². The number of aliphatic imine (C=N–C) groups is 2. The van der Waals surface area contributed by atoms with Crippen LogP contribution in [-0.2, 0) is 42.7 Å². The zero-order chi connectivity index (χ0) is 44.7. The Morgan fingerprint density at radius 3 is 1.48 bits per heavy atom. The normalized spacial score (nSPS) is 14.4. The number of phosphoric acid groups is 1. The highest BCUT2D eigenvalue weighted by atomic mass is 31.2. The average molecular weight is 851 g/mol. The Labute approximate surface area is 337 Å². The van der Waals surface area contributed by atoms with Crippen LogP contribution in [0.2, 0.25) is 0 Å². The molecule has 0 aliphatic rings. The molecule has 25 nitrogen and oxygen atoms in total. The Morgan fingerprint density at radius 1 is 0.603 bits per heavy atom. The molecule has 0 spiro atoms. The summed E-state index contributed by atoms with van der Waals surface area (Å²) in [5.74, 6) is -6.61. The van der Waals surface area contributed by atoms with E-state index in [1.54, 1.807) is 13.8 Å². The molecule has 6 atom stereocenters. The summed E-state index contributed by atoms with van der Waals surface area (Å²) >= 11 is 0.